The van der Waals surface area contributed by atoms with Gasteiger partial charge >= 0.3 is 0 Å². The molecule has 2 atom stereocenters. The number of nitrogens with two attached hydrogens (primary N) is 1. The summed E-state index contributed by atoms with van der Waals surface area (Å²) in [7, 11) is 0. The van der Waals surface area contributed by atoms with Crippen LogP contribution in [0.1, 0.15) is 13.3 Å². The third-order valence-electron chi connectivity index (χ3n) is 3.18. The van der Waals surface area contributed by atoms with Crippen molar-refractivity contribution in [2.24, 2.45) is 11.7 Å². The van der Waals surface area contributed by atoms with E-state index in [4.69, 9.17) is 5.73 Å². The molecule has 1 aliphatic heterocycles. The summed E-state index contributed by atoms with van der Waals surface area (Å²) in [5.74, 6) is -0.650. The van der Waals surface area contributed by atoms with Gasteiger partial charge in [-0.15, -0.1) is 0 Å². The molecular weight excluding hydrogens is 212 g/mol. The number of aromatic nitrogens is 1. The summed E-state index contributed by atoms with van der Waals surface area (Å²) in [6, 6.07) is 0.950. The van der Waals surface area contributed by atoms with E-state index in [-0.39, 0.29) is 11.9 Å². The Balaban J connectivity index is 2.30. The number of pyridine rings is 1. The molecule has 0 bridgehead atoms. The maximum atomic E-state index is 13.6. The second kappa shape index (κ2) is 4.33. The van der Waals surface area contributed by atoms with E-state index in [1.54, 1.807) is 0 Å². The maximum absolute atomic E-state index is 13.6. The highest BCUT2D eigenvalue weighted by molar-refractivity contribution is 5.43. The number of rotatable bonds is 2. The number of anilines is 1. The Morgan fingerprint density at radius 3 is 2.94 bits per heavy atom. The number of nitrogens with zero attached hydrogens (tertiary/aromatic N) is 2. The summed E-state index contributed by atoms with van der Waals surface area (Å²) >= 11 is 0. The molecule has 5 heteroatoms. The SMILES string of the molecule is CC1CCN(c2ncc(F)cc2F)C1CN. The third-order valence-corrected chi connectivity index (χ3v) is 3.18. The van der Waals surface area contributed by atoms with Gasteiger partial charge in [-0.1, -0.05) is 6.92 Å². The van der Waals surface area contributed by atoms with Crippen molar-refractivity contribution in [2.75, 3.05) is 18.0 Å². The van der Waals surface area contributed by atoms with Crippen molar-refractivity contribution < 1.29 is 8.78 Å². The molecule has 0 aliphatic carbocycles. The fraction of sp³-hybridized carbons (Fsp3) is 0.545. The quantitative estimate of drug-likeness (QED) is 0.833. The normalized spacial score (nSPS) is 25.1. The lowest BCUT2D eigenvalue weighted by Gasteiger charge is -2.26. The molecule has 2 unspecified atom stereocenters. The van der Waals surface area contributed by atoms with Gasteiger partial charge in [-0.2, -0.15) is 0 Å². The van der Waals surface area contributed by atoms with Gasteiger partial charge in [0.1, 0.15) is 5.82 Å². The molecule has 1 aromatic rings. The Morgan fingerprint density at radius 2 is 2.31 bits per heavy atom. The van der Waals surface area contributed by atoms with Crippen LogP contribution in [0.2, 0.25) is 0 Å². The zero-order valence-electron chi connectivity index (χ0n) is 9.16. The minimum absolute atomic E-state index is 0.0902. The molecule has 2 rings (SSSR count). The molecule has 0 saturated carbocycles. The van der Waals surface area contributed by atoms with E-state index in [0.29, 0.717) is 12.5 Å². The lowest BCUT2D eigenvalue weighted by atomic mass is 10.0. The van der Waals surface area contributed by atoms with E-state index in [1.807, 2.05) is 4.90 Å². The van der Waals surface area contributed by atoms with Crippen LogP contribution in [0.5, 0.6) is 0 Å². The standard InChI is InChI=1S/C11H15F2N3/c1-7-2-3-16(10(7)5-14)11-9(13)4-8(12)6-15-11/h4,6-7,10H,2-3,5,14H2,1H3. The van der Waals surface area contributed by atoms with Crippen LogP contribution in [-0.2, 0) is 0 Å². The summed E-state index contributed by atoms with van der Waals surface area (Å²) in [6.45, 7) is 3.26. The first-order valence-electron chi connectivity index (χ1n) is 5.41. The molecule has 1 saturated heterocycles. The van der Waals surface area contributed by atoms with Crippen LogP contribution in [0.3, 0.4) is 0 Å². The van der Waals surface area contributed by atoms with Crippen molar-refractivity contribution >= 4 is 5.82 Å². The van der Waals surface area contributed by atoms with Crippen LogP contribution in [0, 0.1) is 17.6 Å². The Bertz CT molecular complexity index is 383. The molecule has 0 spiro atoms. The second-order valence-corrected chi connectivity index (χ2v) is 4.22. The molecule has 0 amide bonds. The topological polar surface area (TPSA) is 42.2 Å². The molecule has 3 nitrogen and oxygen atoms in total. The van der Waals surface area contributed by atoms with Crippen molar-refractivity contribution in [3.8, 4) is 0 Å². The van der Waals surface area contributed by atoms with Gasteiger partial charge < -0.3 is 10.6 Å². The van der Waals surface area contributed by atoms with Crippen LogP contribution in [0.25, 0.3) is 0 Å². The summed E-state index contributed by atoms with van der Waals surface area (Å²) in [6.07, 6.45) is 2.00. The van der Waals surface area contributed by atoms with Gasteiger partial charge in [0, 0.05) is 25.2 Å². The van der Waals surface area contributed by atoms with Crippen molar-refractivity contribution in [3.05, 3.63) is 23.9 Å². The summed E-state index contributed by atoms with van der Waals surface area (Å²) < 4.78 is 26.3. The van der Waals surface area contributed by atoms with Crippen molar-refractivity contribution in [2.45, 2.75) is 19.4 Å². The molecule has 0 aromatic carbocycles. The lowest BCUT2D eigenvalue weighted by molar-refractivity contribution is 0.508. The highest BCUT2D eigenvalue weighted by atomic mass is 19.1. The van der Waals surface area contributed by atoms with E-state index in [9.17, 15) is 8.78 Å². The Labute approximate surface area is 93.3 Å². The van der Waals surface area contributed by atoms with Gasteiger partial charge in [-0.3, -0.25) is 0 Å². The smallest absolute Gasteiger partial charge is 0.168 e. The monoisotopic (exact) mass is 227 g/mol. The van der Waals surface area contributed by atoms with Crippen LogP contribution < -0.4 is 10.6 Å². The Hall–Kier alpha value is -1.23. The molecular formula is C11H15F2N3. The van der Waals surface area contributed by atoms with Gasteiger partial charge in [0.15, 0.2) is 11.6 Å². The van der Waals surface area contributed by atoms with E-state index in [1.165, 1.54) is 0 Å². The Morgan fingerprint density at radius 1 is 1.56 bits per heavy atom. The highest BCUT2D eigenvalue weighted by Gasteiger charge is 2.32. The third kappa shape index (κ3) is 1.87. The molecule has 2 N–H and O–H groups in total. The lowest BCUT2D eigenvalue weighted by Crippen LogP contribution is -2.39. The number of halogens is 2. The highest BCUT2D eigenvalue weighted by Crippen LogP contribution is 2.29. The van der Waals surface area contributed by atoms with E-state index < -0.39 is 11.6 Å². The van der Waals surface area contributed by atoms with Crippen LogP contribution in [-0.4, -0.2) is 24.1 Å². The van der Waals surface area contributed by atoms with Crippen molar-refractivity contribution in [3.63, 3.8) is 0 Å². The van der Waals surface area contributed by atoms with E-state index >= 15 is 0 Å². The average Bonchev–Trinajstić information content (AvgIpc) is 2.59. The molecule has 1 aliphatic rings. The van der Waals surface area contributed by atoms with Crippen molar-refractivity contribution in [1.29, 1.82) is 0 Å². The van der Waals surface area contributed by atoms with Crippen LogP contribution >= 0.6 is 0 Å². The Kier molecular flexibility index (Phi) is 3.05. The largest absolute Gasteiger partial charge is 0.350 e. The maximum Gasteiger partial charge on any atom is 0.168 e. The predicted octanol–water partition coefficient (Wildman–Crippen LogP) is 1.53. The number of hydrogen-bond donors (Lipinski definition) is 1. The molecule has 1 aromatic heterocycles. The minimum Gasteiger partial charge on any atom is -0.350 e. The van der Waals surface area contributed by atoms with Gasteiger partial charge in [-0.05, 0) is 12.3 Å². The summed E-state index contributed by atoms with van der Waals surface area (Å²) in [4.78, 5) is 5.65. The molecule has 2 heterocycles. The minimum atomic E-state index is -0.655. The summed E-state index contributed by atoms with van der Waals surface area (Å²) in [5.41, 5.74) is 5.67. The molecule has 1 fully saturated rings. The van der Waals surface area contributed by atoms with Crippen molar-refractivity contribution in [1.82, 2.24) is 4.98 Å². The first-order valence-corrected chi connectivity index (χ1v) is 5.41. The fourth-order valence-corrected chi connectivity index (χ4v) is 2.25. The fourth-order valence-electron chi connectivity index (χ4n) is 2.25. The first-order chi connectivity index (χ1) is 7.63. The molecule has 88 valence electrons. The van der Waals surface area contributed by atoms with Gasteiger partial charge in [0.25, 0.3) is 0 Å². The van der Waals surface area contributed by atoms with E-state index in [0.717, 1.165) is 25.2 Å². The van der Waals surface area contributed by atoms with Gasteiger partial charge in [0.05, 0.1) is 6.20 Å². The second-order valence-electron chi connectivity index (χ2n) is 4.22. The molecule has 16 heavy (non-hydrogen) atoms. The average molecular weight is 227 g/mol. The zero-order valence-corrected chi connectivity index (χ0v) is 9.16. The van der Waals surface area contributed by atoms with Crippen LogP contribution in [0.4, 0.5) is 14.6 Å². The first kappa shape index (κ1) is 11.3. The van der Waals surface area contributed by atoms with Gasteiger partial charge in [0.2, 0.25) is 0 Å². The predicted molar refractivity (Wildman–Crippen MR) is 58.1 cm³/mol. The number of hydrogen-bond acceptors (Lipinski definition) is 3. The molecule has 0 radical (unpaired) electrons. The van der Waals surface area contributed by atoms with E-state index in [2.05, 4.69) is 11.9 Å². The van der Waals surface area contributed by atoms with Crippen LogP contribution in [0.15, 0.2) is 12.3 Å². The zero-order chi connectivity index (χ0) is 11.7. The van der Waals surface area contributed by atoms with Gasteiger partial charge in [-0.25, -0.2) is 13.8 Å². The summed E-state index contributed by atoms with van der Waals surface area (Å²) in [5, 5.41) is 0.